The van der Waals surface area contributed by atoms with Gasteiger partial charge in [-0.05, 0) is 6.42 Å². The molecule has 37 heavy (non-hydrogen) atoms. The quantitative estimate of drug-likeness (QED) is 0.305. The molecule has 206 valence electrons. The summed E-state index contributed by atoms with van der Waals surface area (Å²) in [7, 11) is -3.74. The summed E-state index contributed by atoms with van der Waals surface area (Å²) in [4.78, 5) is 37.5. The normalized spacial score (nSPS) is 36.6. The third kappa shape index (κ3) is 5.82. The lowest BCUT2D eigenvalue weighted by Gasteiger charge is -2.37. The summed E-state index contributed by atoms with van der Waals surface area (Å²) in [5.41, 5.74) is 0. The molecule has 7 atom stereocenters. The van der Waals surface area contributed by atoms with Crippen LogP contribution >= 0.6 is 0 Å². The number of morpholine rings is 1. The van der Waals surface area contributed by atoms with Crippen molar-refractivity contribution in [2.75, 3.05) is 45.6 Å². The number of amides is 2. The van der Waals surface area contributed by atoms with Crippen LogP contribution in [0.25, 0.3) is 0 Å². The molecule has 4 fully saturated rings. The lowest BCUT2D eigenvalue weighted by molar-refractivity contribution is -0.144. The molecule has 6 bridgehead atoms. The summed E-state index contributed by atoms with van der Waals surface area (Å²) in [6.45, 7) is 1.38. The van der Waals surface area contributed by atoms with Gasteiger partial charge in [0, 0.05) is 51.2 Å². The number of nitrogens with zero attached hydrogens (tertiary/aromatic N) is 4. The highest BCUT2D eigenvalue weighted by molar-refractivity contribution is 7.88. The first kappa shape index (κ1) is 26.5. The van der Waals surface area contributed by atoms with Crippen LogP contribution in [0.15, 0.2) is 12.4 Å². The second-order valence-electron chi connectivity index (χ2n) is 10.2. The average Bonchev–Trinajstić information content (AvgIpc) is 3.55. The molecule has 0 saturated carbocycles. The van der Waals surface area contributed by atoms with Gasteiger partial charge in [0.15, 0.2) is 0 Å². The number of aliphatic hydroxyl groups is 2. The van der Waals surface area contributed by atoms with E-state index in [0.717, 1.165) is 10.6 Å². The highest BCUT2D eigenvalue weighted by Gasteiger charge is 2.46. The number of aromatic nitrogens is 2. The van der Waals surface area contributed by atoms with Crippen molar-refractivity contribution in [1.29, 1.82) is 0 Å². The van der Waals surface area contributed by atoms with Crippen molar-refractivity contribution in [3.05, 3.63) is 18.2 Å². The van der Waals surface area contributed by atoms with E-state index < -0.39 is 46.6 Å². The molecule has 4 saturated heterocycles. The minimum atomic E-state index is -3.74. The molecule has 4 aliphatic heterocycles. The maximum absolute atomic E-state index is 13.7. The first-order valence-electron chi connectivity index (χ1n) is 12.5. The fourth-order valence-electron chi connectivity index (χ4n) is 5.64. The summed E-state index contributed by atoms with van der Waals surface area (Å²) >= 11 is 0. The summed E-state index contributed by atoms with van der Waals surface area (Å²) < 4.78 is 37.9. The van der Waals surface area contributed by atoms with Gasteiger partial charge in [0.1, 0.15) is 24.1 Å². The van der Waals surface area contributed by atoms with Gasteiger partial charge in [-0.3, -0.25) is 14.5 Å². The number of hydrogen-bond donors (Lipinski definition) is 4. The average molecular weight is 543 g/mol. The number of rotatable bonds is 3. The zero-order chi connectivity index (χ0) is 26.3. The third-order valence-corrected chi connectivity index (χ3v) is 8.76. The number of carbonyl (C=O) groups is 2. The van der Waals surface area contributed by atoms with Crippen molar-refractivity contribution >= 4 is 21.8 Å². The number of likely N-dealkylation sites (tertiary alicyclic amines) is 1. The van der Waals surface area contributed by atoms with Crippen LogP contribution in [0.5, 0.6) is 0 Å². The molecule has 5 rings (SSSR count). The summed E-state index contributed by atoms with van der Waals surface area (Å²) in [6, 6.07) is -0.811. The number of sulfonamides is 1. The van der Waals surface area contributed by atoms with Crippen molar-refractivity contribution in [3.8, 4) is 0 Å². The Labute approximate surface area is 214 Å². The van der Waals surface area contributed by atoms with Gasteiger partial charge in [-0.25, -0.2) is 13.4 Å². The topological polar surface area (TPSA) is 178 Å². The molecule has 0 aliphatic carbocycles. The van der Waals surface area contributed by atoms with Crippen molar-refractivity contribution in [2.45, 2.75) is 62.0 Å². The van der Waals surface area contributed by atoms with Crippen LogP contribution in [0.1, 0.15) is 18.7 Å². The molecule has 1 aromatic heterocycles. The van der Waals surface area contributed by atoms with E-state index in [1.807, 2.05) is 4.90 Å². The van der Waals surface area contributed by atoms with Gasteiger partial charge >= 0.3 is 0 Å². The van der Waals surface area contributed by atoms with Crippen LogP contribution in [0.4, 0.5) is 0 Å². The van der Waals surface area contributed by atoms with E-state index in [1.54, 1.807) is 17.3 Å². The number of H-pyrrole nitrogens is 1. The van der Waals surface area contributed by atoms with Crippen LogP contribution in [0.2, 0.25) is 0 Å². The molecular formula is C22H34N6O8S. The molecular weight excluding hydrogens is 508 g/mol. The summed E-state index contributed by atoms with van der Waals surface area (Å²) in [5, 5.41) is 24.0. The van der Waals surface area contributed by atoms with E-state index in [9.17, 15) is 28.2 Å². The second kappa shape index (κ2) is 10.6. The van der Waals surface area contributed by atoms with Gasteiger partial charge in [-0.15, -0.1) is 0 Å². The minimum Gasteiger partial charge on any atom is -0.388 e. The lowest BCUT2D eigenvalue weighted by Crippen LogP contribution is -2.55. The minimum absolute atomic E-state index is 0.0418. The smallest absolute Gasteiger partial charge is 0.240 e. The van der Waals surface area contributed by atoms with Crippen molar-refractivity contribution in [2.24, 2.45) is 0 Å². The maximum atomic E-state index is 13.7. The van der Waals surface area contributed by atoms with Crippen LogP contribution in [-0.2, 0) is 35.6 Å². The fourth-order valence-corrected chi connectivity index (χ4v) is 6.50. The first-order valence-corrected chi connectivity index (χ1v) is 14.3. The predicted octanol–water partition coefficient (Wildman–Crippen LogP) is -3.15. The Kier molecular flexibility index (Phi) is 7.55. The molecule has 0 spiro atoms. The van der Waals surface area contributed by atoms with Gasteiger partial charge in [-0.2, -0.15) is 4.31 Å². The Morgan fingerprint density at radius 3 is 2.65 bits per heavy atom. The third-order valence-electron chi connectivity index (χ3n) is 7.52. The Morgan fingerprint density at radius 1 is 1.14 bits per heavy atom. The number of nitrogens with one attached hydrogen (secondary N) is 2. The highest BCUT2D eigenvalue weighted by atomic mass is 32.2. The monoisotopic (exact) mass is 542 g/mol. The highest BCUT2D eigenvalue weighted by Crippen LogP contribution is 2.27. The van der Waals surface area contributed by atoms with Crippen molar-refractivity contribution in [3.63, 3.8) is 0 Å². The van der Waals surface area contributed by atoms with Gasteiger partial charge < -0.3 is 34.9 Å². The van der Waals surface area contributed by atoms with Gasteiger partial charge in [-0.1, -0.05) is 0 Å². The Balaban J connectivity index is 1.42. The zero-order valence-electron chi connectivity index (χ0n) is 20.6. The molecule has 2 amide bonds. The number of carbonyl (C=O) groups excluding carboxylic acids is 2. The van der Waals surface area contributed by atoms with Crippen LogP contribution in [0, 0.1) is 0 Å². The summed E-state index contributed by atoms with van der Waals surface area (Å²) in [5.74, 6) is 0.206. The SMILES string of the molecule is CS(=O)(=O)N1C[C@@H]2CN(CCO2)C(=O)[C@@H]2C[C@@H](CN2Cc2ncc[nH]2)NC(=O)C[C@@H]2O[C@H](C1)[C@@H](O)[C@H]2O. The van der Waals surface area contributed by atoms with Crippen LogP contribution in [0.3, 0.4) is 0 Å². The molecule has 0 aromatic carbocycles. The zero-order valence-corrected chi connectivity index (χ0v) is 21.4. The maximum Gasteiger partial charge on any atom is 0.240 e. The Bertz CT molecular complexity index is 1090. The van der Waals surface area contributed by atoms with E-state index in [-0.39, 0.29) is 50.5 Å². The number of hydrogen-bond acceptors (Lipinski definition) is 10. The fraction of sp³-hybridized carbons (Fsp3) is 0.773. The molecule has 15 heteroatoms. The molecule has 0 unspecified atom stereocenters. The van der Waals surface area contributed by atoms with E-state index >= 15 is 0 Å². The van der Waals surface area contributed by atoms with Crippen molar-refractivity contribution in [1.82, 2.24) is 29.4 Å². The van der Waals surface area contributed by atoms with E-state index in [0.29, 0.717) is 31.9 Å². The molecule has 1 aromatic rings. The largest absolute Gasteiger partial charge is 0.388 e. The summed E-state index contributed by atoms with van der Waals surface area (Å²) in [6.07, 6.45) is -0.716. The van der Waals surface area contributed by atoms with Crippen LogP contribution in [-0.4, -0.2) is 143 Å². The Hall–Kier alpha value is -2.14. The van der Waals surface area contributed by atoms with E-state index in [4.69, 9.17) is 9.47 Å². The predicted molar refractivity (Wildman–Crippen MR) is 127 cm³/mol. The van der Waals surface area contributed by atoms with Gasteiger partial charge in [0.2, 0.25) is 21.8 Å². The lowest BCUT2D eigenvalue weighted by atomic mass is 10.0. The molecule has 4 aliphatic rings. The molecule has 5 heterocycles. The number of imidazole rings is 1. The van der Waals surface area contributed by atoms with Gasteiger partial charge in [0.05, 0.1) is 44.1 Å². The van der Waals surface area contributed by atoms with E-state index in [1.165, 1.54) is 0 Å². The first-order chi connectivity index (χ1) is 17.6. The van der Waals surface area contributed by atoms with Crippen LogP contribution < -0.4 is 5.32 Å². The van der Waals surface area contributed by atoms with E-state index in [2.05, 4.69) is 15.3 Å². The Morgan fingerprint density at radius 2 is 1.92 bits per heavy atom. The number of ether oxygens (including phenoxy) is 2. The van der Waals surface area contributed by atoms with Crippen molar-refractivity contribution < 1.29 is 37.7 Å². The standard InChI is InChI=1S/C22H34N6O8S/c1-37(33,34)28-10-14-9-26(4-5-35-14)22(32)15-6-13(8-27(15)12-18-23-2-3-24-18)25-19(29)7-16-20(30)21(31)17(11-28)36-16/h2-3,13-17,20-21,30-31H,4-12H2,1H3,(H,23,24)(H,25,29)/t13-,14-,15-,16-,17+,20-,21+/m0/s1. The molecule has 14 nitrogen and oxygen atoms in total. The number of fused-ring (bicyclic) bond motifs is 6. The molecule has 0 radical (unpaired) electrons. The number of aliphatic hydroxyl groups excluding tert-OH is 2. The van der Waals surface area contributed by atoms with Gasteiger partial charge in [0.25, 0.3) is 0 Å². The second-order valence-corrected chi connectivity index (χ2v) is 12.2. The number of aromatic amines is 1. The molecule has 4 N–H and O–H groups in total.